The van der Waals surface area contributed by atoms with Crippen molar-refractivity contribution in [1.29, 1.82) is 0 Å². The van der Waals surface area contributed by atoms with Crippen LogP contribution >= 0.6 is 0 Å². The first-order valence-corrected chi connectivity index (χ1v) is 7.29. The van der Waals surface area contributed by atoms with Crippen molar-refractivity contribution in [3.8, 4) is 0 Å². The average molecular weight is 278 g/mol. The van der Waals surface area contributed by atoms with Crippen molar-refractivity contribution in [2.75, 3.05) is 25.0 Å². The van der Waals surface area contributed by atoms with Crippen LogP contribution < -0.4 is 10.9 Å². The second kappa shape index (κ2) is 7.07. The zero-order chi connectivity index (χ0) is 14.4. The molecule has 1 saturated heterocycles. The van der Waals surface area contributed by atoms with E-state index in [4.69, 9.17) is 0 Å². The Morgan fingerprint density at radius 2 is 2.10 bits per heavy atom. The Morgan fingerprint density at radius 3 is 2.80 bits per heavy atom. The van der Waals surface area contributed by atoms with E-state index in [2.05, 4.69) is 10.3 Å². The molecule has 1 aliphatic heterocycles. The Morgan fingerprint density at radius 1 is 1.35 bits per heavy atom. The first-order chi connectivity index (χ1) is 9.72. The first-order valence-electron chi connectivity index (χ1n) is 7.29. The number of carbonyl (C=O) groups excluding carboxylic acids is 1. The lowest BCUT2D eigenvalue weighted by molar-refractivity contribution is -0.130. The Bertz CT molecular complexity index is 506. The number of amides is 1. The third-order valence-electron chi connectivity index (χ3n) is 3.49. The van der Waals surface area contributed by atoms with E-state index >= 15 is 0 Å². The maximum absolute atomic E-state index is 12.1. The Kier molecular flexibility index (Phi) is 5.15. The zero-order valence-corrected chi connectivity index (χ0v) is 12.0. The van der Waals surface area contributed by atoms with Crippen LogP contribution in [-0.2, 0) is 11.3 Å². The number of rotatable bonds is 5. The summed E-state index contributed by atoms with van der Waals surface area (Å²) in [6, 6.07) is 0. The van der Waals surface area contributed by atoms with Crippen LogP contribution in [0, 0.1) is 0 Å². The van der Waals surface area contributed by atoms with E-state index in [1.165, 1.54) is 6.42 Å². The summed E-state index contributed by atoms with van der Waals surface area (Å²) in [6.45, 7) is 4.46. The normalized spacial score (nSPS) is 15.2. The average Bonchev–Trinajstić information content (AvgIpc) is 2.49. The summed E-state index contributed by atoms with van der Waals surface area (Å²) in [5.74, 6) is 0.295. The fourth-order valence-corrected chi connectivity index (χ4v) is 2.40. The molecule has 0 aliphatic carbocycles. The second-order valence-corrected chi connectivity index (χ2v) is 5.07. The molecule has 1 fully saturated rings. The highest BCUT2D eigenvalue weighted by atomic mass is 16.2. The minimum absolute atomic E-state index is 0.0387. The highest BCUT2D eigenvalue weighted by molar-refractivity contribution is 5.80. The maximum Gasteiger partial charge on any atom is 0.293 e. The first kappa shape index (κ1) is 14.6. The zero-order valence-electron chi connectivity index (χ0n) is 12.0. The molecule has 1 aromatic heterocycles. The summed E-state index contributed by atoms with van der Waals surface area (Å²) in [5, 5.41) is 2.87. The molecule has 110 valence electrons. The molecule has 20 heavy (non-hydrogen) atoms. The second-order valence-electron chi connectivity index (χ2n) is 5.07. The lowest BCUT2D eigenvalue weighted by Crippen LogP contribution is -2.40. The minimum atomic E-state index is -0.166. The van der Waals surface area contributed by atoms with Crippen LogP contribution in [-0.4, -0.2) is 40.0 Å². The van der Waals surface area contributed by atoms with Crippen LogP contribution in [0.25, 0.3) is 0 Å². The van der Waals surface area contributed by atoms with Crippen molar-refractivity contribution in [2.24, 2.45) is 0 Å². The van der Waals surface area contributed by atoms with Crippen molar-refractivity contribution >= 4 is 11.7 Å². The van der Waals surface area contributed by atoms with Gasteiger partial charge in [-0.3, -0.25) is 9.59 Å². The van der Waals surface area contributed by atoms with Crippen molar-refractivity contribution in [3.05, 3.63) is 22.7 Å². The van der Waals surface area contributed by atoms with Crippen LogP contribution in [0.3, 0.4) is 0 Å². The van der Waals surface area contributed by atoms with Crippen LogP contribution in [0.5, 0.6) is 0 Å². The summed E-state index contributed by atoms with van der Waals surface area (Å²) < 4.78 is 1.61. The molecule has 1 aliphatic rings. The van der Waals surface area contributed by atoms with Crippen LogP contribution in [0.4, 0.5) is 5.82 Å². The molecule has 0 bridgehead atoms. The maximum atomic E-state index is 12.1. The molecule has 1 amide bonds. The molecule has 0 aromatic carbocycles. The lowest BCUT2D eigenvalue weighted by atomic mass is 10.1. The van der Waals surface area contributed by atoms with Gasteiger partial charge >= 0.3 is 0 Å². The number of aromatic nitrogens is 2. The quantitative estimate of drug-likeness (QED) is 0.875. The standard InChI is InChI=1S/C14H22N4O2/c1-2-7-18-10-6-15-13(14(18)20)16-11-12(19)17-8-4-3-5-9-17/h6,10H,2-5,7-9,11H2,1H3,(H,15,16). The summed E-state index contributed by atoms with van der Waals surface area (Å²) in [7, 11) is 0. The van der Waals surface area contributed by atoms with Gasteiger partial charge in [0.2, 0.25) is 5.91 Å². The van der Waals surface area contributed by atoms with Crippen molar-refractivity contribution < 1.29 is 4.79 Å². The third kappa shape index (κ3) is 3.59. The van der Waals surface area contributed by atoms with Crippen molar-refractivity contribution in [1.82, 2.24) is 14.5 Å². The van der Waals surface area contributed by atoms with Gasteiger partial charge in [-0.05, 0) is 25.7 Å². The number of hydrogen-bond acceptors (Lipinski definition) is 4. The van der Waals surface area contributed by atoms with Crippen molar-refractivity contribution in [2.45, 2.75) is 39.2 Å². The number of nitrogens with one attached hydrogen (secondary N) is 1. The number of nitrogens with zero attached hydrogens (tertiary/aromatic N) is 3. The minimum Gasteiger partial charge on any atom is -0.356 e. The number of likely N-dealkylation sites (tertiary alicyclic amines) is 1. The van der Waals surface area contributed by atoms with E-state index in [1.807, 2.05) is 11.8 Å². The SMILES string of the molecule is CCCn1ccnc(NCC(=O)N2CCCCC2)c1=O. The predicted molar refractivity (Wildman–Crippen MR) is 77.7 cm³/mol. The number of aryl methyl sites for hydroxylation is 1. The Labute approximate surface area is 118 Å². The smallest absolute Gasteiger partial charge is 0.293 e. The van der Waals surface area contributed by atoms with Crippen molar-refractivity contribution in [3.63, 3.8) is 0 Å². The molecule has 0 atom stereocenters. The monoisotopic (exact) mass is 278 g/mol. The molecule has 0 radical (unpaired) electrons. The molecular weight excluding hydrogens is 256 g/mol. The lowest BCUT2D eigenvalue weighted by Gasteiger charge is -2.26. The molecule has 0 unspecified atom stereocenters. The van der Waals surface area contributed by atoms with Gasteiger partial charge in [0.05, 0.1) is 6.54 Å². The van der Waals surface area contributed by atoms with E-state index in [1.54, 1.807) is 17.0 Å². The summed E-state index contributed by atoms with van der Waals surface area (Å²) >= 11 is 0. The summed E-state index contributed by atoms with van der Waals surface area (Å²) in [6.07, 6.45) is 7.47. The van der Waals surface area contributed by atoms with Crippen LogP contribution in [0.2, 0.25) is 0 Å². The van der Waals surface area contributed by atoms with Gasteiger partial charge < -0.3 is 14.8 Å². The van der Waals surface area contributed by atoms with Gasteiger partial charge in [-0.15, -0.1) is 0 Å². The molecule has 6 nitrogen and oxygen atoms in total. The Balaban J connectivity index is 1.95. The van der Waals surface area contributed by atoms with Gasteiger partial charge in [0, 0.05) is 32.0 Å². The molecule has 6 heteroatoms. The summed E-state index contributed by atoms with van der Waals surface area (Å²) in [5.41, 5.74) is -0.166. The molecule has 2 heterocycles. The van der Waals surface area contributed by atoms with Gasteiger partial charge in [-0.1, -0.05) is 6.92 Å². The van der Waals surface area contributed by atoms with Gasteiger partial charge in [0.1, 0.15) is 0 Å². The van der Waals surface area contributed by atoms with E-state index in [0.29, 0.717) is 6.54 Å². The molecular formula is C14H22N4O2. The predicted octanol–water partition coefficient (Wildman–Crippen LogP) is 1.08. The number of piperidine rings is 1. The fourth-order valence-electron chi connectivity index (χ4n) is 2.40. The van der Waals surface area contributed by atoms with Gasteiger partial charge in [0.25, 0.3) is 5.56 Å². The molecule has 1 aromatic rings. The Hall–Kier alpha value is -1.85. The number of carbonyl (C=O) groups is 1. The van der Waals surface area contributed by atoms with Crippen LogP contribution in [0.1, 0.15) is 32.6 Å². The molecule has 0 saturated carbocycles. The van der Waals surface area contributed by atoms with Gasteiger partial charge in [-0.25, -0.2) is 4.98 Å². The van der Waals surface area contributed by atoms with Gasteiger partial charge in [0.15, 0.2) is 5.82 Å². The largest absolute Gasteiger partial charge is 0.356 e. The summed E-state index contributed by atoms with van der Waals surface area (Å²) in [4.78, 5) is 30.0. The fraction of sp³-hybridized carbons (Fsp3) is 0.643. The van der Waals surface area contributed by atoms with Gasteiger partial charge in [-0.2, -0.15) is 0 Å². The third-order valence-corrected chi connectivity index (χ3v) is 3.49. The highest BCUT2D eigenvalue weighted by Gasteiger charge is 2.16. The number of anilines is 1. The van der Waals surface area contributed by atoms with E-state index < -0.39 is 0 Å². The van der Waals surface area contributed by atoms with E-state index in [0.717, 1.165) is 32.4 Å². The molecule has 0 spiro atoms. The molecule has 2 rings (SSSR count). The topological polar surface area (TPSA) is 67.2 Å². The van der Waals surface area contributed by atoms with E-state index in [9.17, 15) is 9.59 Å². The number of hydrogen-bond donors (Lipinski definition) is 1. The van der Waals surface area contributed by atoms with Crippen LogP contribution in [0.15, 0.2) is 17.2 Å². The highest BCUT2D eigenvalue weighted by Crippen LogP contribution is 2.08. The molecule has 1 N–H and O–H groups in total. The van der Waals surface area contributed by atoms with E-state index in [-0.39, 0.29) is 23.8 Å².